The Bertz CT molecular complexity index is 693. The molecule has 0 saturated carbocycles. The van der Waals surface area contributed by atoms with Gasteiger partial charge in [-0.3, -0.25) is 4.79 Å². The summed E-state index contributed by atoms with van der Waals surface area (Å²) in [5.74, 6) is 0.912. The number of methoxy groups -OCH3 is 1. The zero-order valence-electron chi connectivity index (χ0n) is 14.1. The Labute approximate surface area is 160 Å². The third-order valence-corrected chi connectivity index (χ3v) is 4.16. The molecule has 0 bridgehead atoms. The molecule has 3 rings (SSSR count). The SMILES string of the molecule is COCC(N)C(=O)N1CCN(c2ccc3ccccc3n2)CC1.Cl.Cl. The van der Waals surface area contributed by atoms with Gasteiger partial charge in [0.1, 0.15) is 11.9 Å². The van der Waals surface area contributed by atoms with Crippen LogP contribution in [0, 0.1) is 0 Å². The van der Waals surface area contributed by atoms with Gasteiger partial charge in [0, 0.05) is 38.7 Å². The molecule has 1 aromatic carbocycles. The lowest BCUT2D eigenvalue weighted by Gasteiger charge is -2.36. The molecule has 0 radical (unpaired) electrons. The van der Waals surface area contributed by atoms with Crippen LogP contribution in [0.4, 0.5) is 5.82 Å². The highest BCUT2D eigenvalue weighted by Crippen LogP contribution is 2.19. The molecule has 1 atom stereocenters. The van der Waals surface area contributed by atoms with Crippen LogP contribution < -0.4 is 10.6 Å². The van der Waals surface area contributed by atoms with Crippen LogP contribution in [-0.4, -0.2) is 61.7 Å². The summed E-state index contributed by atoms with van der Waals surface area (Å²) in [6.07, 6.45) is 0. The Morgan fingerprint density at radius 2 is 1.84 bits per heavy atom. The lowest BCUT2D eigenvalue weighted by Crippen LogP contribution is -2.54. The number of pyridine rings is 1. The van der Waals surface area contributed by atoms with Gasteiger partial charge in [-0.2, -0.15) is 0 Å². The number of halogens is 2. The van der Waals surface area contributed by atoms with Crippen molar-refractivity contribution in [2.75, 3.05) is 44.8 Å². The summed E-state index contributed by atoms with van der Waals surface area (Å²) in [5.41, 5.74) is 6.82. The highest BCUT2D eigenvalue weighted by Gasteiger charge is 2.25. The largest absolute Gasteiger partial charge is 0.383 e. The van der Waals surface area contributed by atoms with E-state index in [0.717, 1.165) is 29.8 Å². The summed E-state index contributed by atoms with van der Waals surface area (Å²) in [7, 11) is 1.55. The van der Waals surface area contributed by atoms with Gasteiger partial charge in [0.15, 0.2) is 0 Å². The molecule has 1 amide bonds. The minimum absolute atomic E-state index is 0. The third kappa shape index (κ3) is 4.95. The smallest absolute Gasteiger partial charge is 0.241 e. The van der Waals surface area contributed by atoms with Gasteiger partial charge in [0.05, 0.1) is 12.1 Å². The minimum Gasteiger partial charge on any atom is -0.383 e. The van der Waals surface area contributed by atoms with Crippen LogP contribution in [0.5, 0.6) is 0 Å². The minimum atomic E-state index is -0.578. The lowest BCUT2D eigenvalue weighted by atomic mass is 10.2. The number of para-hydroxylation sites is 1. The van der Waals surface area contributed by atoms with Crippen LogP contribution in [0.2, 0.25) is 0 Å². The molecular weight excluding hydrogens is 363 g/mol. The van der Waals surface area contributed by atoms with E-state index in [1.165, 1.54) is 0 Å². The summed E-state index contributed by atoms with van der Waals surface area (Å²) in [5, 5.41) is 1.13. The Kier molecular flexibility index (Phi) is 8.38. The first-order valence-corrected chi connectivity index (χ1v) is 7.83. The fourth-order valence-electron chi connectivity index (χ4n) is 2.87. The molecule has 1 saturated heterocycles. The molecule has 1 aliphatic heterocycles. The van der Waals surface area contributed by atoms with Crippen LogP contribution in [0.3, 0.4) is 0 Å². The van der Waals surface area contributed by atoms with Crippen molar-refractivity contribution in [1.82, 2.24) is 9.88 Å². The normalized spacial score (nSPS) is 15.3. The van der Waals surface area contributed by atoms with Gasteiger partial charge in [0.25, 0.3) is 0 Å². The molecule has 2 aromatic rings. The molecule has 1 aromatic heterocycles. The average molecular weight is 387 g/mol. The van der Waals surface area contributed by atoms with Gasteiger partial charge >= 0.3 is 0 Å². The molecule has 25 heavy (non-hydrogen) atoms. The Morgan fingerprint density at radius 1 is 1.16 bits per heavy atom. The van der Waals surface area contributed by atoms with Gasteiger partial charge < -0.3 is 20.3 Å². The number of aromatic nitrogens is 1. The van der Waals surface area contributed by atoms with Crippen molar-refractivity contribution in [2.45, 2.75) is 6.04 Å². The number of carbonyl (C=O) groups is 1. The molecular formula is C17H24Cl2N4O2. The topological polar surface area (TPSA) is 71.7 Å². The van der Waals surface area contributed by atoms with Gasteiger partial charge in [-0.05, 0) is 18.2 Å². The second-order valence-corrected chi connectivity index (χ2v) is 5.74. The van der Waals surface area contributed by atoms with Crippen molar-refractivity contribution in [1.29, 1.82) is 0 Å². The maximum atomic E-state index is 12.2. The van der Waals surface area contributed by atoms with E-state index in [9.17, 15) is 4.79 Å². The van der Waals surface area contributed by atoms with E-state index in [1.807, 2.05) is 24.3 Å². The summed E-state index contributed by atoms with van der Waals surface area (Å²) < 4.78 is 4.95. The van der Waals surface area contributed by atoms with Crippen molar-refractivity contribution < 1.29 is 9.53 Å². The average Bonchev–Trinajstić information content (AvgIpc) is 2.61. The van der Waals surface area contributed by atoms with E-state index in [4.69, 9.17) is 15.5 Å². The number of fused-ring (bicyclic) bond motifs is 1. The predicted octanol–water partition coefficient (Wildman–Crippen LogP) is 1.70. The molecule has 1 fully saturated rings. The van der Waals surface area contributed by atoms with Crippen molar-refractivity contribution in [3.05, 3.63) is 36.4 Å². The van der Waals surface area contributed by atoms with E-state index in [2.05, 4.69) is 17.0 Å². The summed E-state index contributed by atoms with van der Waals surface area (Å²) in [6, 6.07) is 11.6. The molecule has 0 aliphatic carbocycles. The van der Waals surface area contributed by atoms with E-state index < -0.39 is 6.04 Å². The first-order valence-electron chi connectivity index (χ1n) is 7.83. The van der Waals surface area contributed by atoms with Crippen molar-refractivity contribution in [2.24, 2.45) is 5.73 Å². The molecule has 138 valence electrons. The highest BCUT2D eigenvalue weighted by atomic mass is 35.5. The molecule has 8 heteroatoms. The van der Waals surface area contributed by atoms with Crippen molar-refractivity contribution in [3.8, 4) is 0 Å². The number of carbonyl (C=O) groups excluding carboxylic acids is 1. The molecule has 6 nitrogen and oxygen atoms in total. The Balaban J connectivity index is 0.00000156. The fraction of sp³-hybridized carbons (Fsp3) is 0.412. The maximum Gasteiger partial charge on any atom is 0.241 e. The molecule has 1 unspecified atom stereocenters. The second-order valence-electron chi connectivity index (χ2n) is 5.74. The summed E-state index contributed by atoms with van der Waals surface area (Å²) >= 11 is 0. The first-order chi connectivity index (χ1) is 11.2. The number of nitrogens with zero attached hydrogens (tertiary/aromatic N) is 3. The second kappa shape index (κ2) is 9.77. The zero-order valence-corrected chi connectivity index (χ0v) is 15.8. The van der Waals surface area contributed by atoms with Gasteiger partial charge in [-0.1, -0.05) is 18.2 Å². The molecule has 2 heterocycles. The lowest BCUT2D eigenvalue weighted by molar-refractivity contribution is -0.134. The molecule has 1 aliphatic rings. The van der Waals surface area contributed by atoms with Crippen molar-refractivity contribution in [3.63, 3.8) is 0 Å². The number of piperazine rings is 1. The van der Waals surface area contributed by atoms with Crippen LogP contribution in [0.1, 0.15) is 0 Å². The first kappa shape index (κ1) is 21.4. The number of hydrogen-bond acceptors (Lipinski definition) is 5. The number of hydrogen-bond donors (Lipinski definition) is 1. The number of rotatable bonds is 4. The molecule has 2 N–H and O–H groups in total. The van der Waals surface area contributed by atoms with Crippen LogP contribution in [0.25, 0.3) is 10.9 Å². The number of ether oxygens (including phenoxy) is 1. The Hall–Kier alpha value is -1.60. The van der Waals surface area contributed by atoms with E-state index in [1.54, 1.807) is 12.0 Å². The van der Waals surface area contributed by atoms with Crippen LogP contribution in [0.15, 0.2) is 36.4 Å². The monoisotopic (exact) mass is 386 g/mol. The Morgan fingerprint density at radius 3 is 2.52 bits per heavy atom. The highest BCUT2D eigenvalue weighted by molar-refractivity contribution is 5.85. The van der Waals surface area contributed by atoms with Gasteiger partial charge in [-0.15, -0.1) is 24.8 Å². The van der Waals surface area contributed by atoms with Gasteiger partial charge in [0.2, 0.25) is 5.91 Å². The third-order valence-electron chi connectivity index (χ3n) is 4.16. The zero-order chi connectivity index (χ0) is 16.2. The summed E-state index contributed by atoms with van der Waals surface area (Å²) in [6.45, 7) is 3.09. The summed E-state index contributed by atoms with van der Waals surface area (Å²) in [4.78, 5) is 20.9. The number of anilines is 1. The van der Waals surface area contributed by atoms with E-state index >= 15 is 0 Å². The number of amides is 1. The van der Waals surface area contributed by atoms with E-state index in [-0.39, 0.29) is 37.3 Å². The van der Waals surface area contributed by atoms with E-state index in [0.29, 0.717) is 13.1 Å². The van der Waals surface area contributed by atoms with Crippen LogP contribution in [-0.2, 0) is 9.53 Å². The number of nitrogens with two attached hydrogens (primary N) is 1. The van der Waals surface area contributed by atoms with Crippen LogP contribution >= 0.6 is 24.8 Å². The number of benzene rings is 1. The molecule has 0 spiro atoms. The van der Waals surface area contributed by atoms with Crippen molar-refractivity contribution >= 4 is 47.4 Å². The quantitative estimate of drug-likeness (QED) is 0.865. The fourth-order valence-corrected chi connectivity index (χ4v) is 2.87. The maximum absolute atomic E-state index is 12.2. The van der Waals surface area contributed by atoms with Gasteiger partial charge in [-0.25, -0.2) is 4.98 Å². The standard InChI is InChI=1S/C17H22N4O2.2ClH/c1-23-12-14(18)17(22)21-10-8-20(9-11-21)16-7-6-13-4-2-3-5-15(13)19-16;;/h2-7,14H,8-12,18H2,1H3;2*1H. The predicted molar refractivity (Wildman–Crippen MR) is 105 cm³/mol.